The number of hydrogen-bond acceptors (Lipinski definition) is 7. The van der Waals surface area contributed by atoms with Crippen LogP contribution in [0.3, 0.4) is 0 Å². The summed E-state index contributed by atoms with van der Waals surface area (Å²) in [7, 11) is 0. The van der Waals surface area contributed by atoms with Gasteiger partial charge in [-0.1, -0.05) is 25.4 Å². The molecule has 3 rings (SSSR count). The Labute approximate surface area is 177 Å². The first-order chi connectivity index (χ1) is 13.9. The Morgan fingerprint density at radius 2 is 2.07 bits per heavy atom. The van der Waals surface area contributed by atoms with Crippen LogP contribution in [0, 0.1) is 0 Å². The van der Waals surface area contributed by atoms with E-state index in [-0.39, 0.29) is 12.6 Å². The molecule has 0 aliphatic heterocycles. The van der Waals surface area contributed by atoms with E-state index < -0.39 is 12.5 Å². The summed E-state index contributed by atoms with van der Waals surface area (Å²) < 4.78 is 12.3. The van der Waals surface area contributed by atoms with E-state index in [1.54, 1.807) is 42.7 Å². The predicted molar refractivity (Wildman–Crippen MR) is 113 cm³/mol. The van der Waals surface area contributed by atoms with Crippen LogP contribution in [0.5, 0.6) is 17.4 Å². The summed E-state index contributed by atoms with van der Waals surface area (Å²) in [5, 5.41) is 12.9. The highest BCUT2D eigenvalue weighted by atomic mass is 35.5. The maximum atomic E-state index is 11.1. The molecule has 2 N–H and O–H groups in total. The number of thiazole rings is 1. The lowest BCUT2D eigenvalue weighted by Crippen LogP contribution is -2.38. The molecular formula is C20H22ClN3O4S. The van der Waals surface area contributed by atoms with Crippen LogP contribution >= 0.6 is 22.9 Å². The van der Waals surface area contributed by atoms with E-state index in [0.29, 0.717) is 28.3 Å². The average molecular weight is 436 g/mol. The zero-order valence-corrected chi connectivity index (χ0v) is 17.9. The van der Waals surface area contributed by atoms with Gasteiger partial charge in [-0.05, 0) is 25.1 Å². The van der Waals surface area contributed by atoms with Gasteiger partial charge in [-0.15, -0.1) is 11.3 Å². The van der Waals surface area contributed by atoms with Crippen LogP contribution in [0.2, 0.25) is 5.02 Å². The molecule has 0 radical (unpaired) electrons. The standard InChI is InChI=1S/C20H22ClN3O4S/c1-11(2)20-24-14-5-6-15(18(21)19(14)29-20)28-13-4-7-17(22-8-13)27-10-12(3)23-16(26)9-25/h4-8,11-12,25H,9-10H2,1-3H3,(H,23,26)/t12-/m0/s1. The number of rotatable bonds is 8. The summed E-state index contributed by atoms with van der Waals surface area (Å²) in [5.74, 6) is 1.34. The fraction of sp³-hybridized carbons (Fsp3) is 0.350. The highest BCUT2D eigenvalue weighted by molar-refractivity contribution is 7.19. The van der Waals surface area contributed by atoms with Gasteiger partial charge in [-0.2, -0.15) is 0 Å². The number of nitrogens with one attached hydrogen (secondary N) is 1. The molecule has 0 unspecified atom stereocenters. The quantitative estimate of drug-likeness (QED) is 0.552. The molecule has 0 aliphatic rings. The lowest BCUT2D eigenvalue weighted by atomic mass is 10.2. The number of aliphatic hydroxyl groups excluding tert-OH is 1. The highest BCUT2D eigenvalue weighted by Gasteiger charge is 2.14. The third-order valence-electron chi connectivity index (χ3n) is 3.94. The van der Waals surface area contributed by atoms with Crippen LogP contribution in [0.4, 0.5) is 0 Å². The molecule has 1 atom stereocenters. The molecule has 7 nitrogen and oxygen atoms in total. The largest absolute Gasteiger partial charge is 0.475 e. The number of aliphatic hydroxyl groups is 1. The fourth-order valence-corrected chi connectivity index (χ4v) is 3.81. The normalized spacial score (nSPS) is 12.2. The number of halogens is 1. The van der Waals surface area contributed by atoms with E-state index >= 15 is 0 Å². The van der Waals surface area contributed by atoms with E-state index in [1.165, 1.54) is 0 Å². The number of hydrogen-bond donors (Lipinski definition) is 2. The van der Waals surface area contributed by atoms with Crippen molar-refractivity contribution in [3.05, 3.63) is 40.5 Å². The molecular weight excluding hydrogens is 414 g/mol. The molecule has 0 saturated heterocycles. The van der Waals surface area contributed by atoms with Crippen LogP contribution in [0.25, 0.3) is 10.2 Å². The second-order valence-corrected chi connectivity index (χ2v) is 8.21. The van der Waals surface area contributed by atoms with Gasteiger partial charge in [0.15, 0.2) is 0 Å². The SMILES string of the molecule is CC(C)c1nc2ccc(Oc3ccc(OC[C@H](C)NC(=O)CO)nc3)c(Cl)c2s1. The van der Waals surface area contributed by atoms with Crippen LogP contribution in [-0.4, -0.2) is 40.2 Å². The van der Waals surface area contributed by atoms with Crippen molar-refractivity contribution in [2.75, 3.05) is 13.2 Å². The lowest BCUT2D eigenvalue weighted by molar-refractivity contribution is -0.124. The topological polar surface area (TPSA) is 93.6 Å². The summed E-state index contributed by atoms with van der Waals surface area (Å²) in [6.07, 6.45) is 1.54. The van der Waals surface area contributed by atoms with Crippen molar-refractivity contribution in [2.45, 2.75) is 32.7 Å². The first-order valence-corrected chi connectivity index (χ1v) is 10.3. The van der Waals surface area contributed by atoms with Gasteiger partial charge in [0.05, 0.1) is 27.5 Å². The van der Waals surface area contributed by atoms with Gasteiger partial charge in [0.2, 0.25) is 11.8 Å². The Bertz CT molecular complexity index is 991. The third kappa shape index (κ3) is 5.35. The van der Waals surface area contributed by atoms with Gasteiger partial charge in [0.25, 0.3) is 0 Å². The van der Waals surface area contributed by atoms with Crippen molar-refractivity contribution in [3.63, 3.8) is 0 Å². The Kier molecular flexibility index (Phi) is 6.89. The summed E-state index contributed by atoms with van der Waals surface area (Å²) in [5.41, 5.74) is 0.861. The highest BCUT2D eigenvalue weighted by Crippen LogP contribution is 2.39. The van der Waals surface area contributed by atoms with E-state index in [9.17, 15) is 4.79 Å². The van der Waals surface area contributed by atoms with Gasteiger partial charge < -0.3 is 19.9 Å². The molecule has 0 fully saturated rings. The Hall–Kier alpha value is -2.42. The molecule has 0 spiro atoms. The van der Waals surface area contributed by atoms with Crippen LogP contribution in [0.15, 0.2) is 30.5 Å². The van der Waals surface area contributed by atoms with Crippen molar-refractivity contribution < 1.29 is 19.4 Å². The number of pyridine rings is 1. The Balaban J connectivity index is 1.65. The number of ether oxygens (including phenoxy) is 2. The maximum Gasteiger partial charge on any atom is 0.246 e. The number of aromatic nitrogens is 2. The van der Waals surface area contributed by atoms with Crippen molar-refractivity contribution in [1.29, 1.82) is 0 Å². The van der Waals surface area contributed by atoms with Crippen molar-refractivity contribution in [2.24, 2.45) is 0 Å². The number of amides is 1. The minimum atomic E-state index is -0.552. The van der Waals surface area contributed by atoms with E-state index in [1.807, 2.05) is 6.07 Å². The monoisotopic (exact) mass is 435 g/mol. The average Bonchev–Trinajstić information content (AvgIpc) is 3.15. The summed E-state index contributed by atoms with van der Waals surface area (Å²) >= 11 is 8.10. The number of carbonyl (C=O) groups excluding carboxylic acids is 1. The van der Waals surface area contributed by atoms with Gasteiger partial charge in [-0.3, -0.25) is 4.79 Å². The van der Waals surface area contributed by atoms with E-state index in [0.717, 1.165) is 15.2 Å². The van der Waals surface area contributed by atoms with Crippen molar-refractivity contribution in [1.82, 2.24) is 15.3 Å². The van der Waals surface area contributed by atoms with Gasteiger partial charge in [-0.25, -0.2) is 9.97 Å². The van der Waals surface area contributed by atoms with Crippen molar-refractivity contribution in [3.8, 4) is 17.4 Å². The van der Waals surface area contributed by atoms with E-state index in [4.69, 9.17) is 26.2 Å². The zero-order valence-electron chi connectivity index (χ0n) is 16.3. The summed E-state index contributed by atoms with van der Waals surface area (Å²) in [6.45, 7) is 5.64. The first kappa shape index (κ1) is 21.3. The number of carbonyl (C=O) groups is 1. The summed E-state index contributed by atoms with van der Waals surface area (Å²) in [4.78, 5) is 19.9. The van der Waals surface area contributed by atoms with E-state index in [2.05, 4.69) is 29.1 Å². The molecule has 2 heterocycles. The first-order valence-electron chi connectivity index (χ1n) is 9.13. The molecule has 9 heteroatoms. The fourth-order valence-electron chi connectivity index (χ4n) is 2.50. The van der Waals surface area contributed by atoms with Crippen LogP contribution in [-0.2, 0) is 4.79 Å². The van der Waals surface area contributed by atoms with Gasteiger partial charge >= 0.3 is 0 Å². The minimum Gasteiger partial charge on any atom is -0.475 e. The molecule has 0 bridgehead atoms. The Morgan fingerprint density at radius 1 is 1.28 bits per heavy atom. The molecule has 0 saturated carbocycles. The van der Waals surface area contributed by atoms with Crippen LogP contribution < -0.4 is 14.8 Å². The second kappa shape index (κ2) is 9.39. The van der Waals surface area contributed by atoms with Gasteiger partial charge in [0, 0.05) is 12.0 Å². The minimum absolute atomic E-state index is 0.227. The number of benzene rings is 1. The number of fused-ring (bicyclic) bond motifs is 1. The van der Waals surface area contributed by atoms with Crippen LogP contribution in [0.1, 0.15) is 31.7 Å². The maximum absolute atomic E-state index is 11.1. The molecule has 1 aromatic carbocycles. The zero-order chi connectivity index (χ0) is 21.0. The van der Waals surface area contributed by atoms with Crippen molar-refractivity contribution >= 4 is 39.1 Å². The molecule has 3 aromatic rings. The predicted octanol–water partition coefficient (Wildman–Crippen LogP) is 4.14. The lowest BCUT2D eigenvalue weighted by Gasteiger charge is -2.14. The molecule has 2 aromatic heterocycles. The molecule has 154 valence electrons. The molecule has 1 amide bonds. The van der Waals surface area contributed by atoms with Gasteiger partial charge in [0.1, 0.15) is 29.7 Å². The molecule has 29 heavy (non-hydrogen) atoms. The Morgan fingerprint density at radius 3 is 2.72 bits per heavy atom. The molecule has 0 aliphatic carbocycles. The summed E-state index contributed by atoms with van der Waals surface area (Å²) in [6, 6.07) is 6.84. The second-order valence-electron chi connectivity index (χ2n) is 6.80. The number of nitrogens with zero attached hydrogens (tertiary/aromatic N) is 2. The smallest absolute Gasteiger partial charge is 0.246 e. The third-order valence-corrected chi connectivity index (χ3v) is 5.82.